The Bertz CT molecular complexity index is 944. The molecule has 186 valence electrons. The van der Waals surface area contributed by atoms with E-state index in [0.717, 1.165) is 55.1 Å². The molecule has 2 aromatic rings. The maximum absolute atomic E-state index is 13.4. The van der Waals surface area contributed by atoms with Gasteiger partial charge in [-0.25, -0.2) is 0 Å². The first-order valence-corrected chi connectivity index (χ1v) is 12.5. The van der Waals surface area contributed by atoms with Gasteiger partial charge in [-0.05, 0) is 44.7 Å². The lowest BCUT2D eigenvalue weighted by molar-refractivity contribution is 0.0508. The van der Waals surface area contributed by atoms with Gasteiger partial charge in [-0.3, -0.25) is 9.69 Å². The van der Waals surface area contributed by atoms with E-state index in [1.54, 1.807) is 6.07 Å². The van der Waals surface area contributed by atoms with Crippen molar-refractivity contribution in [3.05, 3.63) is 41.3 Å². The summed E-state index contributed by atoms with van der Waals surface area (Å²) in [5, 5.41) is 4.11. The molecule has 1 saturated heterocycles. The van der Waals surface area contributed by atoms with Crippen LogP contribution in [0, 0.1) is 5.92 Å². The Morgan fingerprint density at radius 3 is 2.94 bits per heavy atom. The first kappa shape index (κ1) is 24.5. The van der Waals surface area contributed by atoms with Crippen LogP contribution in [-0.2, 0) is 17.7 Å². The molecule has 0 aliphatic carbocycles. The molecule has 1 aromatic heterocycles. The number of hydrogen-bond acceptors (Lipinski definition) is 7. The summed E-state index contributed by atoms with van der Waals surface area (Å²) in [4.78, 5) is 17.7. The maximum Gasteiger partial charge on any atom is 0.292 e. The highest BCUT2D eigenvalue weighted by Gasteiger charge is 2.31. The predicted octanol–water partition coefficient (Wildman–Crippen LogP) is 3.79. The van der Waals surface area contributed by atoms with Gasteiger partial charge in [0.05, 0.1) is 25.5 Å². The van der Waals surface area contributed by atoms with E-state index in [4.69, 9.17) is 18.7 Å². The lowest BCUT2D eigenvalue weighted by Gasteiger charge is -2.30. The van der Waals surface area contributed by atoms with Gasteiger partial charge in [-0.15, -0.1) is 0 Å². The van der Waals surface area contributed by atoms with Gasteiger partial charge in [-0.1, -0.05) is 31.1 Å². The zero-order valence-corrected chi connectivity index (χ0v) is 20.6. The molecule has 0 spiro atoms. The van der Waals surface area contributed by atoms with Crippen molar-refractivity contribution in [2.24, 2.45) is 5.92 Å². The Kier molecular flexibility index (Phi) is 8.45. The minimum atomic E-state index is -0.122. The van der Waals surface area contributed by atoms with Gasteiger partial charge in [0.25, 0.3) is 5.91 Å². The number of fused-ring (bicyclic) bond motifs is 2. The van der Waals surface area contributed by atoms with Crippen molar-refractivity contribution >= 4 is 5.91 Å². The number of carbonyl (C=O) groups excluding carboxylic acids is 1. The molecule has 34 heavy (non-hydrogen) atoms. The molecular formula is C26H37N3O5. The van der Waals surface area contributed by atoms with Crippen LogP contribution < -0.4 is 9.47 Å². The lowest BCUT2D eigenvalue weighted by atomic mass is 10.1. The number of carbonyl (C=O) groups is 1. The van der Waals surface area contributed by atoms with Crippen molar-refractivity contribution < 1.29 is 23.5 Å². The fourth-order valence-electron chi connectivity index (χ4n) is 4.74. The van der Waals surface area contributed by atoms with Crippen LogP contribution in [0.25, 0.3) is 0 Å². The van der Waals surface area contributed by atoms with Crippen LogP contribution in [0.2, 0.25) is 0 Å². The van der Waals surface area contributed by atoms with Crippen molar-refractivity contribution in [1.29, 1.82) is 0 Å². The third-order valence-electron chi connectivity index (χ3n) is 6.32. The molecule has 2 aliphatic rings. The van der Waals surface area contributed by atoms with Crippen LogP contribution in [0.4, 0.5) is 0 Å². The number of nitrogens with zero attached hydrogens (tertiary/aromatic N) is 3. The number of rotatable bonds is 5. The van der Waals surface area contributed by atoms with Crippen LogP contribution in [0.15, 0.2) is 28.8 Å². The third-order valence-corrected chi connectivity index (χ3v) is 6.32. The summed E-state index contributed by atoms with van der Waals surface area (Å²) in [6, 6.07) is 8.11. The van der Waals surface area contributed by atoms with Crippen LogP contribution in [0.5, 0.6) is 11.5 Å². The van der Waals surface area contributed by atoms with Gasteiger partial charge in [0, 0.05) is 37.3 Å². The van der Waals surface area contributed by atoms with Crippen molar-refractivity contribution in [3.8, 4) is 11.5 Å². The average Bonchev–Trinajstić information content (AvgIpc) is 3.45. The van der Waals surface area contributed by atoms with Crippen molar-refractivity contribution in [1.82, 2.24) is 15.0 Å². The van der Waals surface area contributed by atoms with Gasteiger partial charge < -0.3 is 23.6 Å². The number of benzene rings is 1. The summed E-state index contributed by atoms with van der Waals surface area (Å²) in [6.45, 7) is 11.0. The zero-order chi connectivity index (χ0) is 23.9. The Hall–Kier alpha value is -2.58. The molecule has 4 rings (SSSR count). The van der Waals surface area contributed by atoms with E-state index in [9.17, 15) is 4.79 Å². The van der Waals surface area contributed by atoms with E-state index in [-0.39, 0.29) is 11.9 Å². The van der Waals surface area contributed by atoms with Crippen LogP contribution in [-0.4, -0.2) is 73.0 Å². The van der Waals surface area contributed by atoms with E-state index in [1.165, 1.54) is 0 Å². The molecule has 1 fully saturated rings. The van der Waals surface area contributed by atoms with Crippen LogP contribution in [0.3, 0.4) is 0 Å². The molecule has 8 nitrogen and oxygen atoms in total. The molecule has 0 radical (unpaired) electrons. The van der Waals surface area contributed by atoms with Crippen molar-refractivity contribution in [2.75, 3.05) is 46.1 Å². The minimum absolute atomic E-state index is 0.122. The van der Waals surface area contributed by atoms with Crippen molar-refractivity contribution in [2.45, 2.75) is 52.6 Å². The van der Waals surface area contributed by atoms with E-state index in [0.29, 0.717) is 51.2 Å². The van der Waals surface area contributed by atoms with Gasteiger partial charge in [-0.2, -0.15) is 0 Å². The van der Waals surface area contributed by atoms with E-state index >= 15 is 0 Å². The summed E-state index contributed by atoms with van der Waals surface area (Å²) >= 11 is 0. The highest BCUT2D eigenvalue weighted by molar-refractivity contribution is 5.91. The first-order valence-electron chi connectivity index (χ1n) is 12.5. The number of hydrogen-bond donors (Lipinski definition) is 0. The largest absolute Gasteiger partial charge is 0.490 e. The Morgan fingerprint density at radius 2 is 2.12 bits per heavy atom. The maximum atomic E-state index is 13.4. The van der Waals surface area contributed by atoms with E-state index in [2.05, 4.69) is 30.0 Å². The molecule has 1 aromatic carbocycles. The molecule has 0 bridgehead atoms. The fourth-order valence-corrected chi connectivity index (χ4v) is 4.74. The molecule has 1 amide bonds. The highest BCUT2D eigenvalue weighted by Crippen LogP contribution is 2.34. The van der Waals surface area contributed by atoms with Gasteiger partial charge in [0.2, 0.25) is 5.76 Å². The van der Waals surface area contributed by atoms with Gasteiger partial charge in [0.1, 0.15) is 6.61 Å². The smallest absolute Gasteiger partial charge is 0.292 e. The van der Waals surface area contributed by atoms with E-state index in [1.807, 2.05) is 24.0 Å². The molecule has 0 unspecified atom stereocenters. The normalized spacial score (nSPS) is 20.0. The molecule has 8 heteroatoms. The van der Waals surface area contributed by atoms with Crippen molar-refractivity contribution in [3.63, 3.8) is 0 Å². The number of aromatic nitrogens is 1. The Morgan fingerprint density at radius 1 is 1.24 bits per heavy atom. The fraction of sp³-hybridized carbons (Fsp3) is 0.615. The van der Waals surface area contributed by atoms with Crippen LogP contribution >= 0.6 is 0 Å². The highest BCUT2D eigenvalue weighted by atomic mass is 16.5. The zero-order valence-electron chi connectivity index (χ0n) is 20.6. The lowest BCUT2D eigenvalue weighted by Crippen LogP contribution is -2.44. The number of amides is 1. The molecular weight excluding hydrogens is 434 g/mol. The second-order valence-electron chi connectivity index (χ2n) is 9.44. The molecule has 2 aliphatic heterocycles. The van der Waals surface area contributed by atoms with Gasteiger partial charge >= 0.3 is 0 Å². The third kappa shape index (κ3) is 6.10. The van der Waals surface area contributed by atoms with Gasteiger partial charge in [0.15, 0.2) is 11.5 Å². The SMILES string of the molecule is CCOc1cccc2c1OCCOCCN(C(=O)c1cc(CC(C)C)no1)C[C@@H]1CCCN1C2. The quantitative estimate of drug-likeness (QED) is 0.657. The Balaban J connectivity index is 1.54. The monoisotopic (exact) mass is 471 g/mol. The average molecular weight is 472 g/mol. The Labute approximate surface area is 202 Å². The predicted molar refractivity (Wildman–Crippen MR) is 128 cm³/mol. The summed E-state index contributed by atoms with van der Waals surface area (Å²) < 4.78 is 23.2. The minimum Gasteiger partial charge on any atom is -0.490 e. The molecule has 0 N–H and O–H groups in total. The summed E-state index contributed by atoms with van der Waals surface area (Å²) in [7, 11) is 0. The number of ether oxygens (including phenoxy) is 3. The topological polar surface area (TPSA) is 77.3 Å². The molecule has 3 heterocycles. The summed E-state index contributed by atoms with van der Waals surface area (Å²) in [5.74, 6) is 2.20. The second-order valence-corrected chi connectivity index (χ2v) is 9.44. The first-order chi connectivity index (χ1) is 16.5. The van der Waals surface area contributed by atoms with E-state index < -0.39 is 0 Å². The molecule has 0 saturated carbocycles. The number of para-hydroxylation sites is 1. The van der Waals surface area contributed by atoms with Crippen LogP contribution in [0.1, 0.15) is 55.4 Å². The summed E-state index contributed by atoms with van der Waals surface area (Å²) in [5.41, 5.74) is 1.92. The second kappa shape index (κ2) is 11.7. The summed E-state index contributed by atoms with van der Waals surface area (Å²) in [6.07, 6.45) is 2.94. The molecule has 1 atom stereocenters. The standard InChI is InChI=1S/C26H37N3O5/c1-4-32-23-9-5-7-20-17-28-10-6-8-22(28)18-29(11-12-31-13-14-33-25(20)23)26(30)24-16-21(27-34-24)15-19(2)3/h5,7,9,16,19,22H,4,6,8,10-15,17-18H2,1-3H3/t22-/m0/s1.